The third-order valence-corrected chi connectivity index (χ3v) is 6.25. The lowest BCUT2D eigenvalue weighted by Gasteiger charge is -2.10. The first kappa shape index (κ1) is 22.8. The van der Waals surface area contributed by atoms with Crippen LogP contribution in [0, 0.1) is 0 Å². The molecule has 31 heavy (non-hydrogen) atoms. The summed E-state index contributed by atoms with van der Waals surface area (Å²) in [6.07, 6.45) is 4.18. The van der Waals surface area contributed by atoms with Crippen molar-refractivity contribution < 1.29 is 22.0 Å². The lowest BCUT2D eigenvalue weighted by atomic mass is 10.2. The standard InChI is InChI=1S/C20H20F2N4O3S2/c21-20(22)30-17-8-6-16(7-9-17)25-31(28,29)18-5-1-4-15(14-18)19(27)23-10-2-12-26-13-3-11-24-26/h1,3-9,11,13-14,20,25H,2,10,12H2,(H,23,27). The van der Waals surface area contributed by atoms with E-state index in [0.29, 0.717) is 36.2 Å². The highest BCUT2D eigenvalue weighted by molar-refractivity contribution is 7.99. The highest BCUT2D eigenvalue weighted by Gasteiger charge is 2.17. The molecular weight excluding hydrogens is 446 g/mol. The SMILES string of the molecule is O=C(NCCCn1cccn1)c1cccc(S(=O)(=O)Nc2ccc(SC(F)F)cc2)c1. The van der Waals surface area contributed by atoms with E-state index in [0.717, 1.165) is 0 Å². The van der Waals surface area contributed by atoms with Crippen LogP contribution >= 0.6 is 11.8 Å². The van der Waals surface area contributed by atoms with Crippen molar-refractivity contribution in [3.63, 3.8) is 0 Å². The number of nitrogens with one attached hydrogen (secondary N) is 2. The molecule has 1 amide bonds. The molecule has 0 unspecified atom stereocenters. The van der Waals surface area contributed by atoms with Crippen molar-refractivity contribution in [2.75, 3.05) is 11.3 Å². The van der Waals surface area contributed by atoms with Gasteiger partial charge in [0.05, 0.1) is 4.90 Å². The first-order chi connectivity index (χ1) is 14.8. The summed E-state index contributed by atoms with van der Waals surface area (Å²) < 4.78 is 54.2. The van der Waals surface area contributed by atoms with Crippen LogP contribution < -0.4 is 10.0 Å². The normalized spacial score (nSPS) is 11.5. The summed E-state index contributed by atoms with van der Waals surface area (Å²) in [5.41, 5.74) is 0.442. The lowest BCUT2D eigenvalue weighted by molar-refractivity contribution is 0.0952. The van der Waals surface area contributed by atoms with Crippen LogP contribution in [0.5, 0.6) is 0 Å². The number of alkyl halides is 2. The minimum absolute atomic E-state index is 0.0808. The molecule has 3 rings (SSSR count). The number of aromatic nitrogens is 2. The van der Waals surface area contributed by atoms with Gasteiger partial charge in [-0.3, -0.25) is 14.2 Å². The average molecular weight is 467 g/mol. The van der Waals surface area contributed by atoms with Crippen LogP contribution in [0.2, 0.25) is 0 Å². The summed E-state index contributed by atoms with van der Waals surface area (Å²) in [4.78, 5) is 12.6. The van der Waals surface area contributed by atoms with Crippen LogP contribution in [0.25, 0.3) is 0 Å². The highest BCUT2D eigenvalue weighted by atomic mass is 32.2. The number of carbonyl (C=O) groups is 1. The zero-order valence-electron chi connectivity index (χ0n) is 16.2. The number of anilines is 1. The fourth-order valence-corrected chi connectivity index (χ4v) is 4.30. The van der Waals surface area contributed by atoms with Gasteiger partial charge in [-0.1, -0.05) is 17.8 Å². The zero-order chi connectivity index (χ0) is 22.3. The van der Waals surface area contributed by atoms with E-state index in [4.69, 9.17) is 0 Å². The summed E-state index contributed by atoms with van der Waals surface area (Å²) in [6, 6.07) is 13.1. The maximum Gasteiger partial charge on any atom is 0.288 e. The second-order valence-corrected chi connectivity index (χ2v) is 9.16. The number of aryl methyl sites for hydroxylation is 1. The number of benzene rings is 2. The fourth-order valence-electron chi connectivity index (χ4n) is 2.70. The van der Waals surface area contributed by atoms with Gasteiger partial charge >= 0.3 is 0 Å². The maximum atomic E-state index is 12.7. The minimum Gasteiger partial charge on any atom is -0.352 e. The van der Waals surface area contributed by atoms with Crippen LogP contribution in [-0.4, -0.2) is 36.4 Å². The monoisotopic (exact) mass is 466 g/mol. The molecular formula is C20H20F2N4O3S2. The number of carbonyl (C=O) groups excluding carboxylic acids is 1. The van der Waals surface area contributed by atoms with Crippen molar-refractivity contribution in [3.05, 3.63) is 72.6 Å². The molecule has 3 aromatic rings. The Balaban J connectivity index is 1.60. The Bertz CT molecular complexity index is 1110. The first-order valence-corrected chi connectivity index (χ1v) is 11.6. The second-order valence-electron chi connectivity index (χ2n) is 6.41. The van der Waals surface area contributed by atoms with Crippen molar-refractivity contribution in [1.82, 2.24) is 15.1 Å². The summed E-state index contributed by atoms with van der Waals surface area (Å²) >= 11 is 0.374. The predicted octanol–water partition coefficient (Wildman–Crippen LogP) is 3.82. The van der Waals surface area contributed by atoms with E-state index in [2.05, 4.69) is 15.1 Å². The molecule has 2 aromatic carbocycles. The molecule has 0 spiro atoms. The molecule has 0 atom stereocenters. The number of hydrogen-bond acceptors (Lipinski definition) is 5. The smallest absolute Gasteiger partial charge is 0.288 e. The summed E-state index contributed by atoms with van der Waals surface area (Å²) in [5, 5.41) is 6.83. The van der Waals surface area contributed by atoms with Gasteiger partial charge in [0.15, 0.2) is 0 Å². The molecule has 0 bridgehead atoms. The molecule has 0 fully saturated rings. The topological polar surface area (TPSA) is 93.1 Å². The quantitative estimate of drug-likeness (QED) is 0.350. The third kappa shape index (κ3) is 6.79. The third-order valence-electron chi connectivity index (χ3n) is 4.15. The Morgan fingerprint density at radius 2 is 1.90 bits per heavy atom. The fraction of sp³-hybridized carbons (Fsp3) is 0.200. The van der Waals surface area contributed by atoms with E-state index >= 15 is 0 Å². The average Bonchev–Trinajstić information content (AvgIpc) is 3.26. The molecule has 0 aliphatic heterocycles. The number of thioether (sulfide) groups is 1. The molecule has 0 saturated heterocycles. The Morgan fingerprint density at radius 1 is 1.13 bits per heavy atom. The molecule has 7 nitrogen and oxygen atoms in total. The van der Waals surface area contributed by atoms with Crippen LogP contribution in [0.1, 0.15) is 16.8 Å². The second kappa shape index (κ2) is 10.4. The maximum absolute atomic E-state index is 12.7. The molecule has 1 aromatic heterocycles. The minimum atomic E-state index is -3.96. The summed E-state index contributed by atoms with van der Waals surface area (Å²) in [6.45, 7) is 1.07. The van der Waals surface area contributed by atoms with E-state index < -0.39 is 15.8 Å². The van der Waals surface area contributed by atoms with Crippen molar-refractivity contribution >= 4 is 33.4 Å². The number of rotatable bonds is 10. The van der Waals surface area contributed by atoms with Crippen molar-refractivity contribution in [1.29, 1.82) is 0 Å². The number of amides is 1. The van der Waals surface area contributed by atoms with E-state index in [-0.39, 0.29) is 22.1 Å². The Morgan fingerprint density at radius 3 is 2.58 bits per heavy atom. The molecule has 164 valence electrons. The summed E-state index contributed by atoms with van der Waals surface area (Å²) in [7, 11) is -3.96. The van der Waals surface area contributed by atoms with E-state index in [1.807, 2.05) is 12.3 Å². The number of hydrogen-bond donors (Lipinski definition) is 2. The molecule has 0 saturated carbocycles. The zero-order valence-corrected chi connectivity index (χ0v) is 17.9. The van der Waals surface area contributed by atoms with Gasteiger partial charge < -0.3 is 5.32 Å². The van der Waals surface area contributed by atoms with Gasteiger partial charge in [-0.05, 0) is 55.0 Å². The Kier molecular flexibility index (Phi) is 7.64. The molecule has 11 heteroatoms. The Labute approximate surface area is 182 Å². The van der Waals surface area contributed by atoms with Gasteiger partial charge in [0.1, 0.15) is 0 Å². The van der Waals surface area contributed by atoms with E-state index in [1.54, 1.807) is 10.9 Å². The van der Waals surface area contributed by atoms with Gasteiger partial charge in [0.2, 0.25) is 0 Å². The van der Waals surface area contributed by atoms with Crippen LogP contribution in [0.3, 0.4) is 0 Å². The van der Waals surface area contributed by atoms with E-state index in [1.165, 1.54) is 48.5 Å². The van der Waals surface area contributed by atoms with Crippen molar-refractivity contribution in [2.45, 2.75) is 28.5 Å². The number of sulfonamides is 1. The summed E-state index contributed by atoms with van der Waals surface area (Å²) in [5.74, 6) is -2.94. The largest absolute Gasteiger partial charge is 0.352 e. The highest BCUT2D eigenvalue weighted by Crippen LogP contribution is 2.27. The van der Waals surface area contributed by atoms with Crippen LogP contribution in [0.15, 0.2) is 76.8 Å². The number of nitrogens with zero attached hydrogens (tertiary/aromatic N) is 2. The van der Waals surface area contributed by atoms with Crippen molar-refractivity contribution in [3.8, 4) is 0 Å². The molecule has 0 radical (unpaired) electrons. The van der Waals surface area contributed by atoms with Crippen LogP contribution in [0.4, 0.5) is 14.5 Å². The lowest BCUT2D eigenvalue weighted by Crippen LogP contribution is -2.25. The van der Waals surface area contributed by atoms with Gasteiger partial charge in [-0.15, -0.1) is 0 Å². The van der Waals surface area contributed by atoms with Gasteiger partial charge in [0.25, 0.3) is 21.7 Å². The number of halogens is 2. The van der Waals surface area contributed by atoms with E-state index in [9.17, 15) is 22.0 Å². The molecule has 2 N–H and O–H groups in total. The van der Waals surface area contributed by atoms with Crippen molar-refractivity contribution in [2.24, 2.45) is 0 Å². The van der Waals surface area contributed by atoms with Gasteiger partial charge in [-0.2, -0.15) is 13.9 Å². The predicted molar refractivity (Wildman–Crippen MR) is 115 cm³/mol. The van der Waals surface area contributed by atoms with Gasteiger partial charge in [-0.25, -0.2) is 8.42 Å². The van der Waals surface area contributed by atoms with Gasteiger partial charge in [0, 0.05) is 41.6 Å². The molecule has 1 heterocycles. The molecule has 0 aliphatic carbocycles. The van der Waals surface area contributed by atoms with Crippen LogP contribution in [-0.2, 0) is 16.6 Å². The Hall–Kier alpha value is -2.92. The molecule has 0 aliphatic rings. The first-order valence-electron chi connectivity index (χ1n) is 9.27.